The highest BCUT2D eigenvalue weighted by molar-refractivity contribution is 6.10. The predicted octanol–water partition coefficient (Wildman–Crippen LogP) is 3.39. The molecule has 0 amide bonds. The highest BCUT2D eigenvalue weighted by Crippen LogP contribution is 2.22. The smallest absolute Gasteiger partial charge is 0.196 e. The van der Waals surface area contributed by atoms with E-state index in [1.165, 1.54) is 0 Å². The van der Waals surface area contributed by atoms with E-state index in [0.717, 1.165) is 17.7 Å². The maximum atomic E-state index is 13.8. The van der Waals surface area contributed by atoms with Crippen LogP contribution in [0, 0.1) is 25.5 Å². The van der Waals surface area contributed by atoms with Gasteiger partial charge in [-0.3, -0.25) is 4.79 Å². The molecular weight excluding hydrogens is 248 g/mol. The van der Waals surface area contributed by atoms with Gasteiger partial charge in [0.15, 0.2) is 11.6 Å². The second-order valence-corrected chi connectivity index (χ2v) is 4.50. The minimum atomic E-state index is -0.882. The summed E-state index contributed by atoms with van der Waals surface area (Å²) in [4.78, 5) is 12.3. The summed E-state index contributed by atoms with van der Waals surface area (Å²) in [6.45, 7) is 3.57. The van der Waals surface area contributed by atoms with Gasteiger partial charge in [-0.05, 0) is 37.6 Å². The normalized spacial score (nSPS) is 10.5. The Balaban J connectivity index is 2.59. The maximum Gasteiger partial charge on any atom is 0.196 e. The first-order chi connectivity index (χ1) is 8.90. The SMILES string of the molecule is Cc1ccc(C)c(C(=O)c2cc(F)cc(N)c2F)c1. The Kier molecular flexibility index (Phi) is 3.34. The Labute approximate surface area is 109 Å². The molecule has 4 heteroatoms. The predicted molar refractivity (Wildman–Crippen MR) is 70.1 cm³/mol. The lowest BCUT2D eigenvalue weighted by molar-refractivity contribution is 0.103. The Bertz CT molecular complexity index is 665. The van der Waals surface area contributed by atoms with E-state index in [1.54, 1.807) is 19.1 Å². The summed E-state index contributed by atoms with van der Waals surface area (Å²) in [6, 6.07) is 6.99. The van der Waals surface area contributed by atoms with E-state index in [2.05, 4.69) is 0 Å². The minimum Gasteiger partial charge on any atom is -0.396 e. The number of hydrogen-bond donors (Lipinski definition) is 1. The molecule has 2 rings (SSSR count). The van der Waals surface area contributed by atoms with Crippen LogP contribution in [-0.4, -0.2) is 5.78 Å². The number of aryl methyl sites for hydroxylation is 2. The average Bonchev–Trinajstić information content (AvgIpc) is 2.36. The van der Waals surface area contributed by atoms with Gasteiger partial charge in [0.05, 0.1) is 11.3 Å². The third-order valence-electron chi connectivity index (χ3n) is 2.95. The molecule has 2 aromatic rings. The van der Waals surface area contributed by atoms with Crippen LogP contribution in [0.3, 0.4) is 0 Å². The maximum absolute atomic E-state index is 13.8. The molecule has 0 spiro atoms. The summed E-state index contributed by atoms with van der Waals surface area (Å²) in [5, 5.41) is 0. The van der Waals surface area contributed by atoms with E-state index in [1.807, 2.05) is 13.0 Å². The van der Waals surface area contributed by atoms with Crippen LogP contribution in [0.2, 0.25) is 0 Å². The van der Waals surface area contributed by atoms with Crippen LogP contribution in [-0.2, 0) is 0 Å². The van der Waals surface area contributed by atoms with Crippen molar-refractivity contribution in [2.24, 2.45) is 0 Å². The molecule has 0 saturated carbocycles. The van der Waals surface area contributed by atoms with E-state index >= 15 is 0 Å². The van der Waals surface area contributed by atoms with Gasteiger partial charge >= 0.3 is 0 Å². The molecule has 2 N–H and O–H groups in total. The van der Waals surface area contributed by atoms with Crippen LogP contribution in [0.15, 0.2) is 30.3 Å². The number of benzene rings is 2. The summed E-state index contributed by atoms with van der Waals surface area (Å²) in [7, 11) is 0. The van der Waals surface area contributed by atoms with Crippen molar-refractivity contribution in [3.8, 4) is 0 Å². The Hall–Kier alpha value is -2.23. The molecule has 0 aliphatic carbocycles. The molecule has 0 heterocycles. The van der Waals surface area contributed by atoms with Crippen LogP contribution >= 0.6 is 0 Å². The lowest BCUT2D eigenvalue weighted by Gasteiger charge is -2.08. The number of nitrogen functional groups attached to an aromatic ring is 1. The van der Waals surface area contributed by atoms with Gasteiger partial charge in [0.25, 0.3) is 0 Å². The highest BCUT2D eigenvalue weighted by atomic mass is 19.1. The number of carbonyl (C=O) groups excluding carboxylic acids is 1. The van der Waals surface area contributed by atoms with Crippen LogP contribution in [0.4, 0.5) is 14.5 Å². The quantitative estimate of drug-likeness (QED) is 0.665. The number of carbonyl (C=O) groups is 1. The van der Waals surface area contributed by atoms with E-state index in [-0.39, 0.29) is 11.3 Å². The molecule has 0 aromatic heterocycles. The zero-order chi connectivity index (χ0) is 14.2. The molecule has 98 valence electrons. The van der Waals surface area contributed by atoms with Gasteiger partial charge in [-0.25, -0.2) is 8.78 Å². The van der Waals surface area contributed by atoms with Gasteiger partial charge in [0.2, 0.25) is 0 Å². The van der Waals surface area contributed by atoms with Crippen molar-refractivity contribution >= 4 is 11.5 Å². The van der Waals surface area contributed by atoms with E-state index in [0.29, 0.717) is 11.1 Å². The fourth-order valence-electron chi connectivity index (χ4n) is 1.90. The first-order valence-electron chi connectivity index (χ1n) is 5.76. The Morgan fingerprint density at radius 2 is 1.74 bits per heavy atom. The molecule has 0 radical (unpaired) electrons. The van der Waals surface area contributed by atoms with Gasteiger partial charge in [-0.15, -0.1) is 0 Å². The molecule has 0 aliphatic heterocycles. The van der Waals surface area contributed by atoms with Crippen molar-refractivity contribution < 1.29 is 13.6 Å². The first-order valence-corrected chi connectivity index (χ1v) is 5.76. The van der Waals surface area contributed by atoms with Gasteiger partial charge in [-0.2, -0.15) is 0 Å². The molecule has 19 heavy (non-hydrogen) atoms. The van der Waals surface area contributed by atoms with Crippen molar-refractivity contribution in [1.29, 1.82) is 0 Å². The van der Waals surface area contributed by atoms with Crippen molar-refractivity contribution in [3.05, 3.63) is 64.2 Å². The van der Waals surface area contributed by atoms with Crippen LogP contribution < -0.4 is 5.73 Å². The summed E-state index contributed by atoms with van der Waals surface area (Å²) < 4.78 is 27.1. The summed E-state index contributed by atoms with van der Waals surface area (Å²) in [5.74, 6) is -2.18. The van der Waals surface area contributed by atoms with Gasteiger partial charge in [0, 0.05) is 5.56 Å². The van der Waals surface area contributed by atoms with Gasteiger partial charge in [0.1, 0.15) is 5.82 Å². The van der Waals surface area contributed by atoms with E-state index < -0.39 is 17.4 Å². The summed E-state index contributed by atoms with van der Waals surface area (Å²) >= 11 is 0. The zero-order valence-electron chi connectivity index (χ0n) is 10.6. The van der Waals surface area contributed by atoms with Crippen molar-refractivity contribution in [1.82, 2.24) is 0 Å². The number of anilines is 1. The highest BCUT2D eigenvalue weighted by Gasteiger charge is 2.19. The van der Waals surface area contributed by atoms with E-state index in [9.17, 15) is 13.6 Å². The molecule has 0 fully saturated rings. The lowest BCUT2D eigenvalue weighted by atomic mass is 9.96. The Morgan fingerprint density at radius 3 is 2.42 bits per heavy atom. The number of hydrogen-bond acceptors (Lipinski definition) is 2. The third-order valence-corrected chi connectivity index (χ3v) is 2.95. The largest absolute Gasteiger partial charge is 0.396 e. The molecular formula is C15H13F2NO. The van der Waals surface area contributed by atoms with Crippen LogP contribution in [0.25, 0.3) is 0 Å². The summed E-state index contributed by atoms with van der Waals surface area (Å²) in [5.41, 5.74) is 6.56. The monoisotopic (exact) mass is 261 g/mol. The van der Waals surface area contributed by atoms with Crippen LogP contribution in [0.1, 0.15) is 27.0 Å². The first kappa shape index (κ1) is 13.2. The number of nitrogens with two attached hydrogens (primary N) is 1. The number of rotatable bonds is 2. The average molecular weight is 261 g/mol. The minimum absolute atomic E-state index is 0.341. The van der Waals surface area contributed by atoms with Crippen LogP contribution in [0.5, 0.6) is 0 Å². The lowest BCUT2D eigenvalue weighted by Crippen LogP contribution is -2.09. The van der Waals surface area contributed by atoms with Gasteiger partial charge < -0.3 is 5.73 Å². The fourth-order valence-corrected chi connectivity index (χ4v) is 1.90. The number of ketones is 1. The van der Waals surface area contributed by atoms with Crippen molar-refractivity contribution in [2.75, 3.05) is 5.73 Å². The molecule has 2 aromatic carbocycles. The molecule has 0 unspecified atom stereocenters. The number of halogens is 2. The zero-order valence-corrected chi connectivity index (χ0v) is 10.6. The standard InChI is InChI=1S/C15H13F2NO/c1-8-3-4-9(2)11(5-8)15(19)12-6-10(16)7-13(18)14(12)17/h3-7H,18H2,1-2H3. The second-order valence-electron chi connectivity index (χ2n) is 4.50. The van der Waals surface area contributed by atoms with E-state index in [4.69, 9.17) is 5.73 Å². The molecule has 0 saturated heterocycles. The molecule has 2 nitrogen and oxygen atoms in total. The fraction of sp³-hybridized carbons (Fsp3) is 0.133. The van der Waals surface area contributed by atoms with Crippen molar-refractivity contribution in [2.45, 2.75) is 13.8 Å². The Morgan fingerprint density at radius 1 is 1.05 bits per heavy atom. The third kappa shape index (κ3) is 2.47. The van der Waals surface area contributed by atoms with Crippen molar-refractivity contribution in [3.63, 3.8) is 0 Å². The van der Waals surface area contributed by atoms with Gasteiger partial charge in [-0.1, -0.05) is 17.7 Å². The molecule has 0 aliphatic rings. The topological polar surface area (TPSA) is 43.1 Å². The molecule has 0 atom stereocenters. The summed E-state index contributed by atoms with van der Waals surface area (Å²) in [6.07, 6.45) is 0. The second kappa shape index (κ2) is 4.80. The molecule has 0 bridgehead atoms.